The fraction of sp³-hybridized carbons (Fsp3) is 0.516. The van der Waals surface area contributed by atoms with Gasteiger partial charge in [-0.2, -0.15) is 0 Å². The Morgan fingerprint density at radius 3 is 2.89 bits per heavy atom. The summed E-state index contributed by atoms with van der Waals surface area (Å²) in [6.07, 6.45) is 7.27. The van der Waals surface area contributed by atoms with E-state index in [-0.39, 0.29) is 11.8 Å². The highest BCUT2D eigenvalue weighted by molar-refractivity contribution is 6.32. The van der Waals surface area contributed by atoms with Crippen molar-refractivity contribution < 1.29 is 9.53 Å². The first-order valence-corrected chi connectivity index (χ1v) is 14.2. The van der Waals surface area contributed by atoms with E-state index < -0.39 is 0 Å². The third-order valence-corrected chi connectivity index (χ3v) is 8.09. The van der Waals surface area contributed by atoms with E-state index in [1.165, 1.54) is 22.0 Å². The minimum Gasteiger partial charge on any atom is -0.492 e. The first kappa shape index (κ1) is 26.1. The number of aryl methyl sites for hydroxylation is 2. The normalized spacial score (nSPS) is 18.5. The van der Waals surface area contributed by atoms with Gasteiger partial charge in [0.05, 0.1) is 17.5 Å². The van der Waals surface area contributed by atoms with Crippen molar-refractivity contribution in [1.82, 2.24) is 14.4 Å². The number of amides is 1. The maximum Gasteiger partial charge on any atom is 0.227 e. The van der Waals surface area contributed by atoms with Crippen molar-refractivity contribution in [1.29, 1.82) is 0 Å². The molecule has 3 aromatic rings. The van der Waals surface area contributed by atoms with Crippen LogP contribution in [0.5, 0.6) is 5.75 Å². The molecule has 6 heteroatoms. The molecule has 2 aliphatic heterocycles. The Morgan fingerprint density at radius 1 is 1.19 bits per heavy atom. The molecule has 0 bridgehead atoms. The number of halogens is 1. The summed E-state index contributed by atoms with van der Waals surface area (Å²) in [5.41, 5.74) is 4.88. The number of hydrogen-bond acceptors (Lipinski definition) is 3. The number of ether oxygens (including phenoxy) is 1. The molecule has 1 atom stereocenters. The Kier molecular flexibility index (Phi) is 8.11. The Labute approximate surface area is 226 Å². The van der Waals surface area contributed by atoms with E-state index in [4.69, 9.17) is 16.3 Å². The van der Waals surface area contributed by atoms with Crippen molar-refractivity contribution in [3.05, 3.63) is 64.3 Å². The lowest BCUT2D eigenvalue weighted by Crippen LogP contribution is -2.45. The molecule has 5 rings (SSSR count). The van der Waals surface area contributed by atoms with Crippen molar-refractivity contribution in [2.24, 2.45) is 18.9 Å². The van der Waals surface area contributed by atoms with Gasteiger partial charge in [-0.1, -0.05) is 43.6 Å². The summed E-state index contributed by atoms with van der Waals surface area (Å²) < 4.78 is 8.09. The summed E-state index contributed by atoms with van der Waals surface area (Å²) in [5.74, 6) is 1.54. The number of rotatable bonds is 7. The van der Waals surface area contributed by atoms with Crippen LogP contribution >= 0.6 is 11.6 Å². The topological polar surface area (TPSA) is 37.7 Å². The van der Waals surface area contributed by atoms with Crippen LogP contribution in [-0.2, 0) is 31.4 Å². The van der Waals surface area contributed by atoms with Gasteiger partial charge in [0.15, 0.2) is 0 Å². The van der Waals surface area contributed by atoms with Gasteiger partial charge in [0, 0.05) is 50.3 Å². The Bertz CT molecular complexity index is 1250. The Morgan fingerprint density at radius 2 is 2.05 bits per heavy atom. The predicted molar refractivity (Wildman–Crippen MR) is 151 cm³/mol. The molecule has 37 heavy (non-hydrogen) atoms. The van der Waals surface area contributed by atoms with Gasteiger partial charge in [-0.25, -0.2) is 0 Å². The van der Waals surface area contributed by atoms with Crippen LogP contribution in [0.2, 0.25) is 5.02 Å². The molecule has 198 valence electrons. The highest BCUT2D eigenvalue weighted by atomic mass is 35.5. The highest BCUT2D eigenvalue weighted by Gasteiger charge is 2.30. The van der Waals surface area contributed by atoms with E-state index in [0.29, 0.717) is 17.5 Å². The van der Waals surface area contributed by atoms with Crippen molar-refractivity contribution in [3.8, 4) is 5.75 Å². The first-order chi connectivity index (χ1) is 17.9. The van der Waals surface area contributed by atoms with Crippen LogP contribution in [0.4, 0.5) is 0 Å². The van der Waals surface area contributed by atoms with Crippen molar-refractivity contribution in [3.63, 3.8) is 0 Å². The summed E-state index contributed by atoms with van der Waals surface area (Å²) in [5, 5.41) is 1.98. The zero-order chi connectivity index (χ0) is 25.9. The number of nitrogens with zero attached hydrogens (tertiary/aromatic N) is 3. The first-order valence-electron chi connectivity index (χ1n) is 13.9. The second kappa shape index (κ2) is 11.5. The van der Waals surface area contributed by atoms with Crippen LogP contribution in [0.15, 0.2) is 42.6 Å². The number of aromatic nitrogens is 1. The maximum atomic E-state index is 13.9. The summed E-state index contributed by atoms with van der Waals surface area (Å²) in [6, 6.07) is 13.0. The van der Waals surface area contributed by atoms with Crippen molar-refractivity contribution >= 4 is 28.4 Å². The third-order valence-electron chi connectivity index (χ3n) is 7.80. The molecular formula is C31H40ClN3O2. The average Bonchev–Trinajstić information content (AvgIpc) is 3.09. The molecule has 0 saturated carbocycles. The minimum absolute atomic E-state index is 0.0297. The lowest BCUT2D eigenvalue weighted by molar-refractivity contribution is -0.138. The Balaban J connectivity index is 1.31. The van der Waals surface area contributed by atoms with Gasteiger partial charge in [-0.3, -0.25) is 9.69 Å². The smallest absolute Gasteiger partial charge is 0.227 e. The predicted octanol–water partition coefficient (Wildman–Crippen LogP) is 6.44. The molecular weight excluding hydrogens is 482 g/mol. The fourth-order valence-corrected chi connectivity index (χ4v) is 6.36. The van der Waals surface area contributed by atoms with Gasteiger partial charge in [-0.15, -0.1) is 0 Å². The molecule has 5 nitrogen and oxygen atoms in total. The average molecular weight is 522 g/mol. The van der Waals surface area contributed by atoms with E-state index in [2.05, 4.69) is 71.8 Å². The molecule has 0 radical (unpaired) electrons. The molecule has 1 saturated heterocycles. The highest BCUT2D eigenvalue weighted by Crippen LogP contribution is 2.34. The second-order valence-electron chi connectivity index (χ2n) is 11.3. The van der Waals surface area contributed by atoms with Gasteiger partial charge >= 0.3 is 0 Å². The van der Waals surface area contributed by atoms with Crippen LogP contribution in [0, 0.1) is 11.8 Å². The molecule has 0 N–H and O–H groups in total. The summed E-state index contributed by atoms with van der Waals surface area (Å²) in [6.45, 7) is 9.19. The van der Waals surface area contributed by atoms with Gasteiger partial charge in [0.2, 0.25) is 5.91 Å². The van der Waals surface area contributed by atoms with Crippen molar-refractivity contribution in [2.45, 2.75) is 59.0 Å². The third kappa shape index (κ3) is 5.99. The monoisotopic (exact) mass is 521 g/mol. The largest absolute Gasteiger partial charge is 0.492 e. The number of carbonyl (C=O) groups is 1. The Hall–Kier alpha value is -2.50. The summed E-state index contributed by atoms with van der Waals surface area (Å²) >= 11 is 6.64. The molecule has 2 aliphatic rings. The van der Waals surface area contributed by atoms with E-state index in [0.717, 1.165) is 76.2 Å². The molecule has 1 amide bonds. The van der Waals surface area contributed by atoms with Crippen LogP contribution in [-0.4, -0.2) is 46.5 Å². The lowest BCUT2D eigenvalue weighted by Gasteiger charge is -2.36. The molecule has 2 aromatic carbocycles. The van der Waals surface area contributed by atoms with E-state index in [9.17, 15) is 4.79 Å². The number of carbonyl (C=O) groups excluding carboxylic acids is 1. The zero-order valence-electron chi connectivity index (χ0n) is 22.5. The zero-order valence-corrected chi connectivity index (χ0v) is 23.3. The number of fused-ring (bicyclic) bond motifs is 2. The van der Waals surface area contributed by atoms with Gasteiger partial charge in [-0.05, 0) is 79.5 Å². The molecule has 3 heterocycles. The van der Waals surface area contributed by atoms with Gasteiger partial charge < -0.3 is 14.2 Å². The standard InChI is InChI=1S/C31H40ClN3O2/c1-22(2)18-35(19-23-16-24-8-4-5-15-37-30(24)28(32)17-23)31(36)26-10-7-13-34(21-26)20-25-9-6-11-29-27(25)12-14-33(29)3/h6,9,11-12,14,16-17,22,26H,4-5,7-8,10,13,15,18-21H2,1-3H3/t26-/m1/s1. The van der Waals surface area contributed by atoms with E-state index >= 15 is 0 Å². The van der Waals surface area contributed by atoms with Crippen LogP contribution < -0.4 is 4.74 Å². The van der Waals surface area contributed by atoms with E-state index in [1.54, 1.807) is 0 Å². The summed E-state index contributed by atoms with van der Waals surface area (Å²) in [4.78, 5) is 18.5. The second-order valence-corrected chi connectivity index (χ2v) is 11.7. The molecule has 0 unspecified atom stereocenters. The SMILES string of the molecule is CC(C)CN(Cc1cc(Cl)c2c(c1)CCCCO2)C(=O)[C@@H]1CCCN(Cc2cccc3c2ccn3C)C1. The number of benzene rings is 2. The fourth-order valence-electron chi connectivity index (χ4n) is 6.04. The summed E-state index contributed by atoms with van der Waals surface area (Å²) in [7, 11) is 2.09. The molecule has 0 spiro atoms. The van der Waals surface area contributed by atoms with Crippen LogP contribution in [0.1, 0.15) is 56.2 Å². The molecule has 1 aromatic heterocycles. The molecule has 0 aliphatic carbocycles. The van der Waals surface area contributed by atoms with Crippen molar-refractivity contribution in [2.75, 3.05) is 26.2 Å². The number of piperidine rings is 1. The number of hydrogen-bond donors (Lipinski definition) is 0. The molecule has 1 fully saturated rings. The van der Waals surface area contributed by atoms with Gasteiger partial charge in [0.25, 0.3) is 0 Å². The quantitative estimate of drug-likeness (QED) is 0.359. The lowest BCUT2D eigenvalue weighted by atomic mass is 9.95. The van der Waals surface area contributed by atoms with Crippen LogP contribution in [0.3, 0.4) is 0 Å². The number of likely N-dealkylation sites (tertiary alicyclic amines) is 1. The maximum absolute atomic E-state index is 13.9. The van der Waals surface area contributed by atoms with Crippen LogP contribution in [0.25, 0.3) is 10.9 Å². The van der Waals surface area contributed by atoms with Gasteiger partial charge in [0.1, 0.15) is 5.75 Å². The van der Waals surface area contributed by atoms with E-state index in [1.807, 2.05) is 6.07 Å². The minimum atomic E-state index is 0.0297.